The first-order valence-electron chi connectivity index (χ1n) is 8.74. The van der Waals surface area contributed by atoms with E-state index in [-0.39, 0.29) is 11.9 Å². The fourth-order valence-electron chi connectivity index (χ4n) is 2.79. The molecule has 0 heterocycles. The Morgan fingerprint density at radius 1 is 1.00 bits per heavy atom. The number of nitrogens with one attached hydrogen (secondary N) is 1. The lowest BCUT2D eigenvalue weighted by atomic mass is 10.0. The van der Waals surface area contributed by atoms with E-state index < -0.39 is 0 Å². The second-order valence-corrected chi connectivity index (χ2v) is 6.79. The van der Waals surface area contributed by atoms with Crippen molar-refractivity contribution in [1.82, 2.24) is 10.2 Å². The van der Waals surface area contributed by atoms with Crippen molar-refractivity contribution in [3.8, 4) is 5.75 Å². The summed E-state index contributed by atoms with van der Waals surface area (Å²) in [5.41, 5.74) is 3.32. The Balaban J connectivity index is 1.95. The molecule has 1 amide bonds. The van der Waals surface area contributed by atoms with Crippen LogP contribution in [0.1, 0.15) is 17.2 Å². The average molecular weight is 355 g/mol. The molecule has 1 N–H and O–H groups in total. The molecular weight excluding hydrogens is 326 g/mol. The van der Waals surface area contributed by atoms with Gasteiger partial charge in [-0.05, 0) is 49.5 Å². The number of nitrogens with zero attached hydrogens (tertiary/aromatic N) is 2. The molecule has 26 heavy (non-hydrogen) atoms. The van der Waals surface area contributed by atoms with Crippen molar-refractivity contribution in [3.63, 3.8) is 0 Å². The van der Waals surface area contributed by atoms with Gasteiger partial charge in [0, 0.05) is 26.3 Å². The van der Waals surface area contributed by atoms with Crippen LogP contribution in [0.2, 0.25) is 0 Å². The van der Waals surface area contributed by atoms with Crippen molar-refractivity contribution in [3.05, 3.63) is 59.7 Å². The minimum Gasteiger partial charge on any atom is -0.497 e. The lowest BCUT2D eigenvalue weighted by Gasteiger charge is -2.26. The van der Waals surface area contributed by atoms with E-state index in [0.29, 0.717) is 13.0 Å². The van der Waals surface area contributed by atoms with E-state index in [0.717, 1.165) is 17.0 Å². The molecule has 0 aliphatic heterocycles. The highest BCUT2D eigenvalue weighted by Gasteiger charge is 2.15. The number of benzene rings is 2. The Kier molecular flexibility index (Phi) is 7.04. The zero-order valence-electron chi connectivity index (χ0n) is 16.3. The minimum atomic E-state index is 0.0203. The number of carbonyl (C=O) groups excluding carboxylic acids is 1. The number of anilines is 1. The standard InChI is InChI=1S/C21H29N3O2/c1-23(2)18-10-8-17(9-11-18)20(24(3)4)15-22-21(25)14-16-6-12-19(26-5)13-7-16/h6-13,20H,14-15H2,1-5H3,(H,22,25)/t20-/m1/s1. The maximum atomic E-state index is 12.3. The van der Waals surface area contributed by atoms with Crippen LogP contribution in [0.25, 0.3) is 0 Å². The average Bonchev–Trinajstić information content (AvgIpc) is 2.62. The predicted octanol–water partition coefficient (Wildman–Crippen LogP) is 2.72. The van der Waals surface area contributed by atoms with Crippen LogP contribution in [-0.4, -0.2) is 52.7 Å². The smallest absolute Gasteiger partial charge is 0.224 e. The van der Waals surface area contributed by atoms with Gasteiger partial charge < -0.3 is 19.9 Å². The molecule has 0 saturated heterocycles. The van der Waals surface area contributed by atoms with Gasteiger partial charge >= 0.3 is 0 Å². The summed E-state index contributed by atoms with van der Waals surface area (Å²) in [6, 6.07) is 16.2. The fourth-order valence-corrected chi connectivity index (χ4v) is 2.79. The van der Waals surface area contributed by atoms with Crippen LogP contribution in [-0.2, 0) is 11.2 Å². The van der Waals surface area contributed by atoms with Gasteiger partial charge in [0.25, 0.3) is 0 Å². The first-order chi connectivity index (χ1) is 12.4. The van der Waals surface area contributed by atoms with E-state index in [4.69, 9.17) is 4.74 Å². The van der Waals surface area contributed by atoms with E-state index in [1.54, 1.807) is 7.11 Å². The third kappa shape index (κ3) is 5.49. The van der Waals surface area contributed by atoms with Gasteiger partial charge in [0.2, 0.25) is 5.91 Å². The molecule has 2 aromatic carbocycles. The van der Waals surface area contributed by atoms with Gasteiger partial charge in [-0.1, -0.05) is 24.3 Å². The van der Waals surface area contributed by atoms with E-state index in [1.165, 1.54) is 5.56 Å². The molecule has 0 fully saturated rings. The number of methoxy groups -OCH3 is 1. The van der Waals surface area contributed by atoms with Gasteiger partial charge in [-0.3, -0.25) is 4.79 Å². The zero-order valence-corrected chi connectivity index (χ0v) is 16.3. The number of ether oxygens (including phenoxy) is 1. The summed E-state index contributed by atoms with van der Waals surface area (Å²) < 4.78 is 5.14. The highest BCUT2D eigenvalue weighted by Crippen LogP contribution is 2.21. The molecule has 5 nitrogen and oxygen atoms in total. The lowest BCUT2D eigenvalue weighted by Crippen LogP contribution is -2.35. The number of rotatable bonds is 8. The molecule has 2 rings (SSSR count). The van der Waals surface area contributed by atoms with Crippen molar-refractivity contribution in [2.75, 3.05) is 46.7 Å². The molecule has 0 aromatic heterocycles. The molecule has 0 aliphatic rings. The third-order valence-corrected chi connectivity index (χ3v) is 4.43. The van der Waals surface area contributed by atoms with E-state index in [1.807, 2.05) is 52.5 Å². The van der Waals surface area contributed by atoms with Crippen molar-refractivity contribution in [2.24, 2.45) is 0 Å². The fraction of sp³-hybridized carbons (Fsp3) is 0.381. The molecule has 2 aromatic rings. The molecule has 0 aliphatic carbocycles. The Morgan fingerprint density at radius 3 is 2.12 bits per heavy atom. The van der Waals surface area contributed by atoms with Crippen molar-refractivity contribution < 1.29 is 9.53 Å². The second-order valence-electron chi connectivity index (χ2n) is 6.79. The van der Waals surface area contributed by atoms with Gasteiger partial charge in [-0.25, -0.2) is 0 Å². The topological polar surface area (TPSA) is 44.8 Å². The summed E-state index contributed by atoms with van der Waals surface area (Å²) in [5.74, 6) is 0.815. The van der Waals surface area contributed by atoms with Crippen LogP contribution >= 0.6 is 0 Å². The van der Waals surface area contributed by atoms with Crippen LogP contribution in [0.4, 0.5) is 5.69 Å². The first-order valence-corrected chi connectivity index (χ1v) is 8.74. The predicted molar refractivity (Wildman–Crippen MR) is 107 cm³/mol. The normalized spacial score (nSPS) is 11.9. The number of carbonyl (C=O) groups is 1. The molecule has 1 atom stereocenters. The Labute approximate surface area is 156 Å². The summed E-state index contributed by atoms with van der Waals surface area (Å²) in [6.07, 6.45) is 0.365. The number of amides is 1. The summed E-state index contributed by atoms with van der Waals surface area (Å²) in [5, 5.41) is 3.05. The Bertz CT molecular complexity index is 694. The lowest BCUT2D eigenvalue weighted by molar-refractivity contribution is -0.120. The van der Waals surface area contributed by atoms with Crippen molar-refractivity contribution in [2.45, 2.75) is 12.5 Å². The van der Waals surface area contributed by atoms with Gasteiger partial charge in [0.15, 0.2) is 0 Å². The maximum Gasteiger partial charge on any atom is 0.224 e. The van der Waals surface area contributed by atoms with Gasteiger partial charge in [0.05, 0.1) is 19.6 Å². The number of hydrogen-bond donors (Lipinski definition) is 1. The zero-order chi connectivity index (χ0) is 19.1. The highest BCUT2D eigenvalue weighted by molar-refractivity contribution is 5.78. The van der Waals surface area contributed by atoms with Gasteiger partial charge in [0.1, 0.15) is 5.75 Å². The van der Waals surface area contributed by atoms with Crippen LogP contribution in [0.15, 0.2) is 48.5 Å². The van der Waals surface area contributed by atoms with Crippen LogP contribution < -0.4 is 15.0 Å². The molecular formula is C21H29N3O2. The quantitative estimate of drug-likeness (QED) is 0.791. The van der Waals surface area contributed by atoms with Crippen LogP contribution in [0, 0.1) is 0 Å². The Morgan fingerprint density at radius 2 is 1.62 bits per heavy atom. The first kappa shape index (κ1) is 19.8. The van der Waals surface area contributed by atoms with Gasteiger partial charge in [-0.2, -0.15) is 0 Å². The SMILES string of the molecule is COc1ccc(CC(=O)NC[C@H](c2ccc(N(C)C)cc2)N(C)C)cc1. The summed E-state index contributed by atoms with van der Waals surface area (Å²) in [4.78, 5) is 16.5. The summed E-state index contributed by atoms with van der Waals surface area (Å²) in [6.45, 7) is 0.573. The molecule has 0 spiro atoms. The Hall–Kier alpha value is -2.53. The monoisotopic (exact) mass is 355 g/mol. The highest BCUT2D eigenvalue weighted by atomic mass is 16.5. The largest absolute Gasteiger partial charge is 0.497 e. The van der Waals surface area contributed by atoms with Gasteiger partial charge in [-0.15, -0.1) is 0 Å². The van der Waals surface area contributed by atoms with E-state index >= 15 is 0 Å². The maximum absolute atomic E-state index is 12.3. The minimum absolute atomic E-state index is 0.0203. The second kappa shape index (κ2) is 9.25. The van der Waals surface area contributed by atoms with E-state index in [9.17, 15) is 4.79 Å². The molecule has 0 saturated carbocycles. The van der Waals surface area contributed by atoms with Crippen LogP contribution in [0.5, 0.6) is 5.75 Å². The molecule has 0 unspecified atom stereocenters. The van der Waals surface area contributed by atoms with E-state index in [2.05, 4.69) is 39.4 Å². The summed E-state index contributed by atoms with van der Waals surface area (Å²) >= 11 is 0. The third-order valence-electron chi connectivity index (χ3n) is 4.43. The molecule has 0 bridgehead atoms. The van der Waals surface area contributed by atoms with Crippen LogP contribution in [0.3, 0.4) is 0 Å². The molecule has 5 heteroatoms. The van der Waals surface area contributed by atoms with Crippen molar-refractivity contribution in [1.29, 1.82) is 0 Å². The summed E-state index contributed by atoms with van der Waals surface area (Å²) in [7, 11) is 9.74. The van der Waals surface area contributed by atoms with Crippen molar-refractivity contribution >= 4 is 11.6 Å². The number of likely N-dealkylation sites (N-methyl/N-ethyl adjacent to an activating group) is 1. The number of hydrogen-bond acceptors (Lipinski definition) is 4. The molecule has 0 radical (unpaired) electrons. The molecule has 140 valence electrons.